The van der Waals surface area contributed by atoms with Crippen molar-refractivity contribution in [3.8, 4) is 0 Å². The van der Waals surface area contributed by atoms with Gasteiger partial charge >= 0.3 is 5.97 Å². The van der Waals surface area contributed by atoms with Crippen molar-refractivity contribution in [1.29, 1.82) is 5.41 Å². The molecule has 5 N–H and O–H groups in total. The third-order valence-corrected chi connectivity index (χ3v) is 5.58. The zero-order chi connectivity index (χ0) is 23.1. The Balaban J connectivity index is 1.72. The van der Waals surface area contributed by atoms with Gasteiger partial charge in [0, 0.05) is 36.6 Å². The number of Topliss-reactive ketones (excluding diaryl/α,β-unsaturated/α-hetero) is 1. The number of hydrogen-bond donors (Lipinski definition) is 5. The molecule has 10 heteroatoms. The quantitative estimate of drug-likeness (QED) is 0.302. The number of carbonyl (C=O) groups excluding carboxylic acids is 3. The fourth-order valence-corrected chi connectivity index (χ4v) is 3.55. The van der Waals surface area contributed by atoms with Crippen molar-refractivity contribution in [3.63, 3.8) is 0 Å². The number of carboxylic acid groups (broad SMARTS) is 1. The predicted molar refractivity (Wildman–Crippen MR) is 118 cm³/mol. The number of H-pyrrole nitrogens is 1. The normalized spacial score (nSPS) is 14.9. The summed E-state index contributed by atoms with van der Waals surface area (Å²) in [5.74, 6) is -2.46. The van der Waals surface area contributed by atoms with Gasteiger partial charge in [-0.2, -0.15) is 0 Å². The average Bonchev–Trinajstić information content (AvgIpc) is 3.15. The molecule has 0 unspecified atom stereocenters. The third kappa shape index (κ3) is 5.79. The Hall–Kier alpha value is -3.53. The largest absolute Gasteiger partial charge is 0.480 e. The van der Waals surface area contributed by atoms with Crippen LogP contribution in [0.1, 0.15) is 24.8 Å². The number of nitrogens with one attached hydrogen (secondary N) is 4. The highest BCUT2D eigenvalue weighted by atomic mass is 16.4. The van der Waals surface area contributed by atoms with Crippen molar-refractivity contribution in [2.45, 2.75) is 37.8 Å². The maximum Gasteiger partial charge on any atom is 0.326 e. The van der Waals surface area contributed by atoms with E-state index in [9.17, 15) is 24.3 Å². The highest BCUT2D eigenvalue weighted by molar-refractivity contribution is 6.26. The minimum absolute atomic E-state index is 0.0372. The van der Waals surface area contributed by atoms with Crippen LogP contribution >= 0.6 is 0 Å². The molecule has 1 aromatic heterocycles. The fourth-order valence-electron chi connectivity index (χ4n) is 3.55. The minimum atomic E-state index is -1.27. The monoisotopic (exact) mass is 441 g/mol. The summed E-state index contributed by atoms with van der Waals surface area (Å²) in [4.78, 5) is 53.1. The zero-order valence-corrected chi connectivity index (χ0v) is 17.6. The SMILES string of the molecule is N=CC(=O)CC[C@H](NC(=O)[C@H](Cc1c[nH]c2ccccc12)NCC(=O)N1CCC1)C(=O)O. The molecule has 32 heavy (non-hydrogen) atoms. The number of nitrogens with zero attached hydrogens (tertiary/aromatic N) is 1. The molecule has 170 valence electrons. The van der Waals surface area contributed by atoms with Crippen molar-refractivity contribution >= 4 is 40.7 Å². The average molecular weight is 441 g/mol. The van der Waals surface area contributed by atoms with Crippen molar-refractivity contribution in [2.75, 3.05) is 19.6 Å². The van der Waals surface area contributed by atoms with E-state index in [1.54, 1.807) is 11.1 Å². The smallest absolute Gasteiger partial charge is 0.326 e. The Labute approximate surface area is 184 Å². The summed E-state index contributed by atoms with van der Waals surface area (Å²) in [6.45, 7) is 1.36. The van der Waals surface area contributed by atoms with Gasteiger partial charge in [0.05, 0.1) is 18.8 Å². The number of rotatable bonds is 12. The molecule has 2 heterocycles. The van der Waals surface area contributed by atoms with Crippen LogP contribution < -0.4 is 10.6 Å². The van der Waals surface area contributed by atoms with Gasteiger partial charge in [0.2, 0.25) is 11.8 Å². The molecular formula is C22H27N5O5. The molecule has 1 saturated heterocycles. The Morgan fingerprint density at radius 1 is 1.19 bits per heavy atom. The van der Waals surface area contributed by atoms with Crippen LogP contribution in [0.5, 0.6) is 0 Å². The molecule has 0 radical (unpaired) electrons. The van der Waals surface area contributed by atoms with Crippen LogP contribution in [0.25, 0.3) is 10.9 Å². The molecule has 0 spiro atoms. The highest BCUT2D eigenvalue weighted by Crippen LogP contribution is 2.19. The Morgan fingerprint density at radius 3 is 2.59 bits per heavy atom. The van der Waals surface area contributed by atoms with Crippen LogP contribution in [0.3, 0.4) is 0 Å². The van der Waals surface area contributed by atoms with E-state index in [1.165, 1.54) is 0 Å². The summed E-state index contributed by atoms with van der Waals surface area (Å²) in [5.41, 5.74) is 1.77. The lowest BCUT2D eigenvalue weighted by Gasteiger charge is -2.31. The summed E-state index contributed by atoms with van der Waals surface area (Å²) in [6, 6.07) is 5.49. The second kappa shape index (κ2) is 10.7. The predicted octanol–water partition coefficient (Wildman–Crippen LogP) is 0.469. The number of carbonyl (C=O) groups is 4. The number of carboxylic acids is 1. The molecule has 3 rings (SSSR count). The number of aliphatic carboxylic acids is 1. The lowest BCUT2D eigenvalue weighted by molar-refractivity contribution is -0.142. The first-order chi connectivity index (χ1) is 15.4. The third-order valence-electron chi connectivity index (χ3n) is 5.58. The summed E-state index contributed by atoms with van der Waals surface area (Å²) in [6.07, 6.45) is 3.34. The molecule has 0 bridgehead atoms. The number of para-hydroxylation sites is 1. The number of amides is 2. The van der Waals surface area contributed by atoms with E-state index in [4.69, 9.17) is 5.41 Å². The first-order valence-electron chi connectivity index (χ1n) is 10.5. The van der Waals surface area contributed by atoms with E-state index < -0.39 is 29.7 Å². The summed E-state index contributed by atoms with van der Waals surface area (Å²) in [7, 11) is 0. The topological polar surface area (TPSA) is 155 Å². The van der Waals surface area contributed by atoms with Gasteiger partial charge in [0.25, 0.3) is 0 Å². The number of hydrogen-bond acceptors (Lipinski definition) is 6. The van der Waals surface area contributed by atoms with E-state index in [0.717, 1.165) is 22.9 Å². The Kier molecular flexibility index (Phi) is 7.72. The number of fused-ring (bicyclic) bond motifs is 1. The molecule has 1 aliphatic rings. The molecule has 2 atom stereocenters. The maximum atomic E-state index is 13.0. The van der Waals surface area contributed by atoms with Gasteiger partial charge in [-0.25, -0.2) is 4.79 Å². The number of likely N-dealkylation sites (tertiary alicyclic amines) is 1. The van der Waals surface area contributed by atoms with Gasteiger partial charge < -0.3 is 25.7 Å². The van der Waals surface area contributed by atoms with Crippen molar-refractivity contribution < 1.29 is 24.3 Å². The first-order valence-corrected chi connectivity index (χ1v) is 10.5. The summed E-state index contributed by atoms with van der Waals surface area (Å²) < 4.78 is 0. The van der Waals surface area contributed by atoms with Crippen LogP contribution in [-0.2, 0) is 25.6 Å². The van der Waals surface area contributed by atoms with Crippen molar-refractivity contribution in [3.05, 3.63) is 36.0 Å². The second-order valence-electron chi connectivity index (χ2n) is 7.78. The molecule has 1 aliphatic heterocycles. The number of aromatic nitrogens is 1. The molecule has 2 amide bonds. The lowest BCUT2D eigenvalue weighted by Crippen LogP contribution is -2.54. The van der Waals surface area contributed by atoms with Gasteiger partial charge in [-0.15, -0.1) is 0 Å². The van der Waals surface area contributed by atoms with E-state index in [2.05, 4.69) is 15.6 Å². The molecule has 0 saturated carbocycles. The van der Waals surface area contributed by atoms with Crippen LogP contribution in [0.2, 0.25) is 0 Å². The Bertz CT molecular complexity index is 1010. The Morgan fingerprint density at radius 2 is 1.94 bits per heavy atom. The maximum absolute atomic E-state index is 13.0. The van der Waals surface area contributed by atoms with Crippen LogP contribution in [0.4, 0.5) is 0 Å². The second-order valence-corrected chi connectivity index (χ2v) is 7.78. The molecular weight excluding hydrogens is 414 g/mol. The number of benzene rings is 1. The van der Waals surface area contributed by atoms with Gasteiger partial charge in [-0.05, 0) is 30.9 Å². The highest BCUT2D eigenvalue weighted by Gasteiger charge is 2.28. The van der Waals surface area contributed by atoms with Crippen LogP contribution in [0, 0.1) is 5.41 Å². The van der Waals surface area contributed by atoms with E-state index in [1.807, 2.05) is 24.3 Å². The number of aromatic amines is 1. The summed E-state index contributed by atoms with van der Waals surface area (Å²) >= 11 is 0. The van der Waals surface area contributed by atoms with Gasteiger partial charge in [0.15, 0.2) is 5.78 Å². The molecule has 1 aromatic carbocycles. The minimum Gasteiger partial charge on any atom is -0.480 e. The van der Waals surface area contributed by atoms with Crippen LogP contribution in [-0.4, -0.2) is 76.5 Å². The van der Waals surface area contributed by atoms with E-state index in [0.29, 0.717) is 19.3 Å². The van der Waals surface area contributed by atoms with Crippen molar-refractivity contribution in [1.82, 2.24) is 20.5 Å². The van der Waals surface area contributed by atoms with E-state index in [-0.39, 0.29) is 31.7 Å². The zero-order valence-electron chi connectivity index (χ0n) is 17.6. The molecule has 0 aliphatic carbocycles. The molecule has 10 nitrogen and oxygen atoms in total. The molecule has 2 aromatic rings. The fraction of sp³-hybridized carbons (Fsp3) is 0.409. The standard InChI is InChI=1S/C22H27N5O5/c23-11-15(28)6-7-18(22(31)32)26-21(30)19(25-13-20(29)27-8-3-9-27)10-14-12-24-17-5-2-1-4-16(14)17/h1-2,4-5,11-12,18-19,23-25H,3,6-10,13H2,(H,26,30)(H,31,32)/t18-,19-/m0/s1. The van der Waals surface area contributed by atoms with Crippen LogP contribution in [0.15, 0.2) is 30.5 Å². The number of ketones is 1. The van der Waals surface area contributed by atoms with Crippen molar-refractivity contribution in [2.24, 2.45) is 0 Å². The first kappa shape index (κ1) is 23.1. The summed E-state index contributed by atoms with van der Waals surface area (Å²) in [5, 5.41) is 22.8. The van der Waals surface area contributed by atoms with Gasteiger partial charge in [-0.1, -0.05) is 18.2 Å². The lowest BCUT2D eigenvalue weighted by atomic mass is 10.0. The van der Waals surface area contributed by atoms with Gasteiger partial charge in [0.1, 0.15) is 6.04 Å². The molecule has 1 fully saturated rings. The van der Waals surface area contributed by atoms with E-state index >= 15 is 0 Å². The van der Waals surface area contributed by atoms with Gasteiger partial charge in [-0.3, -0.25) is 19.7 Å².